The number of amides is 1. The summed E-state index contributed by atoms with van der Waals surface area (Å²) in [6, 6.07) is 5.09. The van der Waals surface area contributed by atoms with E-state index in [0.717, 1.165) is 0 Å². The number of aliphatic carboxylic acids is 1. The van der Waals surface area contributed by atoms with Gasteiger partial charge in [-0.1, -0.05) is 17.9 Å². The Morgan fingerprint density at radius 3 is 2.58 bits per heavy atom. The molecule has 2 N–H and O–H groups in total. The minimum absolute atomic E-state index is 0.0706. The van der Waals surface area contributed by atoms with Crippen molar-refractivity contribution in [1.29, 1.82) is 0 Å². The zero-order chi connectivity index (χ0) is 18.2. The Morgan fingerprint density at radius 2 is 2.00 bits per heavy atom. The number of ether oxygens (including phenoxy) is 2. The lowest BCUT2D eigenvalue weighted by Crippen LogP contribution is -2.32. The van der Waals surface area contributed by atoms with Crippen LogP contribution in [0, 0.1) is 11.8 Å². The SMILES string of the molecule is COc1ccc(CC(=O)O)cc1C#CCCNC(=O)OC(C)(C)C. The Kier molecular flexibility index (Phi) is 7.12. The van der Waals surface area contributed by atoms with Gasteiger partial charge < -0.3 is 19.9 Å². The number of carbonyl (C=O) groups excluding carboxylic acids is 1. The highest BCUT2D eigenvalue weighted by Gasteiger charge is 2.15. The fraction of sp³-hybridized carbons (Fsp3) is 0.444. The van der Waals surface area contributed by atoms with Crippen LogP contribution in [-0.2, 0) is 16.0 Å². The minimum atomic E-state index is -0.902. The molecule has 0 bridgehead atoms. The highest BCUT2D eigenvalue weighted by molar-refractivity contribution is 5.70. The molecule has 0 saturated heterocycles. The van der Waals surface area contributed by atoms with Crippen LogP contribution in [0.4, 0.5) is 4.79 Å². The Labute approximate surface area is 142 Å². The number of carboxylic acids is 1. The van der Waals surface area contributed by atoms with E-state index in [1.54, 1.807) is 39.0 Å². The zero-order valence-electron chi connectivity index (χ0n) is 14.4. The Bertz CT molecular complexity index is 650. The van der Waals surface area contributed by atoms with Gasteiger partial charge in [-0.05, 0) is 38.5 Å². The maximum absolute atomic E-state index is 11.5. The predicted octanol–water partition coefficient (Wildman–Crippen LogP) is 2.59. The molecule has 0 fully saturated rings. The van der Waals surface area contributed by atoms with Crippen LogP contribution in [-0.4, -0.2) is 36.4 Å². The third-order valence-corrected chi connectivity index (χ3v) is 2.76. The van der Waals surface area contributed by atoms with Crippen LogP contribution in [0.1, 0.15) is 38.3 Å². The molecule has 0 aromatic heterocycles. The molecule has 0 unspecified atom stereocenters. The van der Waals surface area contributed by atoms with Gasteiger partial charge >= 0.3 is 12.1 Å². The zero-order valence-corrected chi connectivity index (χ0v) is 14.4. The molecule has 0 aliphatic heterocycles. The minimum Gasteiger partial charge on any atom is -0.495 e. The average Bonchev–Trinajstić information content (AvgIpc) is 2.44. The molecule has 1 amide bonds. The van der Waals surface area contributed by atoms with E-state index in [4.69, 9.17) is 14.6 Å². The summed E-state index contributed by atoms with van der Waals surface area (Å²) in [7, 11) is 1.53. The first-order chi connectivity index (χ1) is 11.2. The van der Waals surface area contributed by atoms with Gasteiger partial charge in [-0.2, -0.15) is 0 Å². The summed E-state index contributed by atoms with van der Waals surface area (Å²) >= 11 is 0. The van der Waals surface area contributed by atoms with E-state index in [1.165, 1.54) is 7.11 Å². The van der Waals surface area contributed by atoms with Crippen molar-refractivity contribution in [3.8, 4) is 17.6 Å². The maximum atomic E-state index is 11.5. The molecule has 0 aliphatic carbocycles. The molecule has 0 heterocycles. The maximum Gasteiger partial charge on any atom is 0.407 e. The van der Waals surface area contributed by atoms with Gasteiger partial charge in [0.1, 0.15) is 11.4 Å². The van der Waals surface area contributed by atoms with Crippen LogP contribution in [0.5, 0.6) is 5.75 Å². The Morgan fingerprint density at radius 1 is 1.29 bits per heavy atom. The van der Waals surface area contributed by atoms with E-state index in [2.05, 4.69) is 17.2 Å². The van der Waals surface area contributed by atoms with Gasteiger partial charge in [0, 0.05) is 13.0 Å². The fourth-order valence-corrected chi connectivity index (χ4v) is 1.84. The summed E-state index contributed by atoms with van der Waals surface area (Å²) in [5.74, 6) is 5.55. The van der Waals surface area contributed by atoms with E-state index in [-0.39, 0.29) is 6.42 Å². The summed E-state index contributed by atoms with van der Waals surface area (Å²) in [5.41, 5.74) is 0.737. The predicted molar refractivity (Wildman–Crippen MR) is 90.1 cm³/mol. The van der Waals surface area contributed by atoms with Crippen molar-refractivity contribution in [3.05, 3.63) is 29.3 Å². The molecule has 6 heteroatoms. The van der Waals surface area contributed by atoms with Crippen molar-refractivity contribution in [1.82, 2.24) is 5.32 Å². The number of rotatable bonds is 5. The summed E-state index contributed by atoms with van der Waals surface area (Å²) < 4.78 is 10.3. The molecule has 0 saturated carbocycles. The smallest absolute Gasteiger partial charge is 0.407 e. The lowest BCUT2D eigenvalue weighted by Gasteiger charge is -2.19. The third kappa shape index (κ3) is 7.54. The highest BCUT2D eigenvalue weighted by atomic mass is 16.6. The molecular weight excluding hydrogens is 310 g/mol. The molecule has 0 spiro atoms. The number of methoxy groups -OCH3 is 1. The van der Waals surface area contributed by atoms with E-state index >= 15 is 0 Å². The largest absolute Gasteiger partial charge is 0.495 e. The third-order valence-electron chi connectivity index (χ3n) is 2.76. The van der Waals surface area contributed by atoms with E-state index in [1.807, 2.05) is 0 Å². The van der Waals surface area contributed by atoms with Crippen LogP contribution in [0.15, 0.2) is 18.2 Å². The number of hydrogen-bond acceptors (Lipinski definition) is 4. The van der Waals surface area contributed by atoms with Gasteiger partial charge in [-0.3, -0.25) is 4.79 Å². The number of carbonyl (C=O) groups is 2. The van der Waals surface area contributed by atoms with E-state index < -0.39 is 17.7 Å². The van der Waals surface area contributed by atoms with E-state index in [0.29, 0.717) is 29.8 Å². The first-order valence-corrected chi connectivity index (χ1v) is 7.55. The first kappa shape index (κ1) is 19.4. The normalized spacial score (nSPS) is 10.3. The van der Waals surface area contributed by atoms with Gasteiger partial charge in [0.25, 0.3) is 0 Å². The van der Waals surface area contributed by atoms with Crippen molar-refractivity contribution < 1.29 is 24.2 Å². The molecule has 130 valence electrons. The van der Waals surface area contributed by atoms with Crippen LogP contribution in [0.3, 0.4) is 0 Å². The summed E-state index contributed by atoms with van der Waals surface area (Å²) in [6.45, 7) is 5.74. The van der Waals surface area contributed by atoms with Crippen molar-refractivity contribution >= 4 is 12.1 Å². The van der Waals surface area contributed by atoms with E-state index in [9.17, 15) is 9.59 Å². The molecule has 0 radical (unpaired) electrons. The van der Waals surface area contributed by atoms with Gasteiger partial charge in [0.2, 0.25) is 0 Å². The Hall–Kier alpha value is -2.68. The monoisotopic (exact) mass is 333 g/mol. The quantitative estimate of drug-likeness (QED) is 0.639. The molecule has 0 atom stereocenters. The van der Waals surface area contributed by atoms with Crippen molar-refractivity contribution in [2.24, 2.45) is 0 Å². The highest BCUT2D eigenvalue weighted by Crippen LogP contribution is 2.19. The van der Waals surface area contributed by atoms with Crippen LogP contribution >= 0.6 is 0 Å². The first-order valence-electron chi connectivity index (χ1n) is 7.55. The molecule has 0 aliphatic rings. The van der Waals surface area contributed by atoms with Crippen molar-refractivity contribution in [2.45, 2.75) is 39.2 Å². The number of benzene rings is 1. The van der Waals surface area contributed by atoms with Gasteiger partial charge in [-0.25, -0.2) is 4.79 Å². The van der Waals surface area contributed by atoms with Crippen molar-refractivity contribution in [2.75, 3.05) is 13.7 Å². The average molecular weight is 333 g/mol. The second-order valence-electron chi connectivity index (χ2n) is 6.09. The molecule has 1 rings (SSSR count). The standard InChI is InChI=1S/C18H23NO5/c1-18(2,3)24-17(22)19-10-6-5-7-14-11-13(12-16(20)21)8-9-15(14)23-4/h8-9,11H,6,10,12H2,1-4H3,(H,19,22)(H,20,21). The summed E-state index contributed by atoms with van der Waals surface area (Å²) in [4.78, 5) is 22.3. The van der Waals surface area contributed by atoms with Crippen LogP contribution in [0.2, 0.25) is 0 Å². The number of nitrogens with one attached hydrogen (secondary N) is 1. The summed E-state index contributed by atoms with van der Waals surface area (Å²) in [6.07, 6.45) is -0.116. The molecule has 1 aromatic carbocycles. The second-order valence-corrected chi connectivity index (χ2v) is 6.09. The summed E-state index contributed by atoms with van der Waals surface area (Å²) in [5, 5.41) is 11.5. The molecular formula is C18H23NO5. The van der Waals surface area contributed by atoms with Crippen LogP contribution < -0.4 is 10.1 Å². The lowest BCUT2D eigenvalue weighted by molar-refractivity contribution is -0.136. The fourth-order valence-electron chi connectivity index (χ4n) is 1.84. The number of carboxylic acid groups (broad SMARTS) is 1. The topological polar surface area (TPSA) is 84.9 Å². The van der Waals surface area contributed by atoms with Gasteiger partial charge in [-0.15, -0.1) is 0 Å². The Balaban J connectivity index is 2.61. The van der Waals surface area contributed by atoms with Gasteiger partial charge in [0.05, 0.1) is 19.1 Å². The molecule has 1 aromatic rings. The second kappa shape index (κ2) is 8.82. The lowest BCUT2D eigenvalue weighted by atomic mass is 10.1. The van der Waals surface area contributed by atoms with Crippen molar-refractivity contribution in [3.63, 3.8) is 0 Å². The number of hydrogen-bond donors (Lipinski definition) is 2. The number of alkyl carbamates (subject to hydrolysis) is 1. The van der Waals surface area contributed by atoms with Gasteiger partial charge in [0.15, 0.2) is 0 Å². The molecule has 24 heavy (non-hydrogen) atoms. The molecule has 6 nitrogen and oxygen atoms in total. The van der Waals surface area contributed by atoms with Crippen LogP contribution in [0.25, 0.3) is 0 Å².